The third kappa shape index (κ3) is 6.50. The molecule has 154 valence electrons. The summed E-state index contributed by atoms with van der Waals surface area (Å²) in [5.41, 5.74) is -0.395. The zero-order chi connectivity index (χ0) is 19.8. The summed E-state index contributed by atoms with van der Waals surface area (Å²) in [7, 11) is 1.84. The molecule has 1 heterocycles. The van der Waals surface area contributed by atoms with Crippen molar-refractivity contribution in [2.45, 2.75) is 70.5 Å². The van der Waals surface area contributed by atoms with Crippen LogP contribution in [0.5, 0.6) is 0 Å². The van der Waals surface area contributed by atoms with Gasteiger partial charge in [0.1, 0.15) is 5.60 Å². The van der Waals surface area contributed by atoms with Gasteiger partial charge in [0.2, 0.25) is 0 Å². The van der Waals surface area contributed by atoms with E-state index in [1.807, 2.05) is 20.2 Å². The molecule has 3 N–H and O–H groups in total. The Hall–Kier alpha value is -1.60. The van der Waals surface area contributed by atoms with Crippen LogP contribution in [0.25, 0.3) is 0 Å². The summed E-state index contributed by atoms with van der Waals surface area (Å²) in [5.74, 6) is 0.715. The Kier molecular flexibility index (Phi) is 8.10. The molecule has 1 aliphatic rings. The molecule has 0 radical (unpaired) electrons. The van der Waals surface area contributed by atoms with Gasteiger partial charge >= 0.3 is 0 Å². The first-order valence-electron chi connectivity index (χ1n) is 10.3. The van der Waals surface area contributed by atoms with Crippen molar-refractivity contribution in [3.63, 3.8) is 0 Å². The lowest BCUT2D eigenvalue weighted by atomic mass is 9.84. The normalized spacial score (nSPS) is 19.5. The number of nitrogens with one attached hydrogen (secondary N) is 2. The molecule has 1 unspecified atom stereocenters. The molecule has 1 saturated carbocycles. The molecule has 1 fully saturated rings. The van der Waals surface area contributed by atoms with Crippen LogP contribution in [-0.4, -0.2) is 52.7 Å². The second-order valence-corrected chi connectivity index (χ2v) is 7.82. The Morgan fingerprint density at radius 3 is 2.67 bits per heavy atom. The first kappa shape index (κ1) is 21.7. The van der Waals surface area contributed by atoms with Gasteiger partial charge in [-0.1, -0.05) is 26.2 Å². The topological polar surface area (TPSA) is 83.7 Å². The van der Waals surface area contributed by atoms with E-state index < -0.39 is 5.60 Å². The van der Waals surface area contributed by atoms with Crippen molar-refractivity contribution in [2.24, 2.45) is 12.0 Å². The summed E-state index contributed by atoms with van der Waals surface area (Å²) in [4.78, 5) is 4.62. The van der Waals surface area contributed by atoms with Gasteiger partial charge in [0.15, 0.2) is 5.96 Å². The Balaban J connectivity index is 2.01. The number of aromatic nitrogens is 2. The highest BCUT2D eigenvalue weighted by Crippen LogP contribution is 2.31. The van der Waals surface area contributed by atoms with E-state index in [9.17, 15) is 5.11 Å². The van der Waals surface area contributed by atoms with E-state index in [2.05, 4.69) is 27.6 Å². The number of hydrogen-bond acceptors (Lipinski definition) is 4. The van der Waals surface area contributed by atoms with Crippen LogP contribution in [0.3, 0.4) is 0 Å². The SMILES string of the molecule is CCCOC1(CNC(=NCC(C)(O)c2cnn(C)c2)NCC)CCCCC1. The van der Waals surface area contributed by atoms with E-state index >= 15 is 0 Å². The minimum Gasteiger partial charge on any atom is -0.383 e. The second kappa shape index (κ2) is 10.1. The number of nitrogens with zero attached hydrogens (tertiary/aromatic N) is 3. The average Bonchev–Trinajstić information content (AvgIpc) is 3.11. The predicted molar refractivity (Wildman–Crippen MR) is 109 cm³/mol. The summed E-state index contributed by atoms with van der Waals surface area (Å²) in [6, 6.07) is 0. The highest BCUT2D eigenvalue weighted by Gasteiger charge is 2.33. The van der Waals surface area contributed by atoms with Crippen LogP contribution in [0.15, 0.2) is 17.4 Å². The van der Waals surface area contributed by atoms with Crippen LogP contribution in [-0.2, 0) is 17.4 Å². The summed E-state index contributed by atoms with van der Waals surface area (Å²) in [5, 5.41) is 21.6. The molecule has 0 saturated heterocycles. The van der Waals surface area contributed by atoms with Crippen LogP contribution in [0.4, 0.5) is 0 Å². The van der Waals surface area contributed by atoms with Crippen LogP contribution in [0.1, 0.15) is 64.9 Å². The van der Waals surface area contributed by atoms with Crippen LogP contribution < -0.4 is 10.6 Å². The fraction of sp³-hybridized carbons (Fsp3) is 0.800. The predicted octanol–water partition coefficient (Wildman–Crippen LogP) is 2.31. The van der Waals surface area contributed by atoms with Crippen LogP contribution >= 0.6 is 0 Å². The van der Waals surface area contributed by atoms with Gasteiger partial charge in [0, 0.05) is 38.5 Å². The standard InChI is InChI=1S/C20H37N5O2/c1-5-12-27-20(10-8-7-9-11-20)16-23-18(21-6-2)22-15-19(3,26)17-13-24-25(4)14-17/h13-14,26H,5-12,15-16H2,1-4H3,(H2,21,22,23). The number of aryl methyl sites for hydroxylation is 1. The molecule has 1 aromatic rings. The summed E-state index contributed by atoms with van der Waals surface area (Å²) >= 11 is 0. The van der Waals surface area contributed by atoms with Crippen molar-refractivity contribution in [1.29, 1.82) is 0 Å². The van der Waals surface area contributed by atoms with E-state index in [1.165, 1.54) is 19.3 Å². The lowest BCUT2D eigenvalue weighted by Gasteiger charge is -2.38. The third-order valence-corrected chi connectivity index (χ3v) is 5.17. The van der Waals surface area contributed by atoms with Gasteiger partial charge in [0.05, 0.1) is 18.3 Å². The van der Waals surface area contributed by atoms with Crippen molar-refractivity contribution in [2.75, 3.05) is 26.2 Å². The molecule has 7 heteroatoms. The molecular formula is C20H37N5O2. The number of guanidine groups is 1. The van der Waals surface area contributed by atoms with E-state index in [0.717, 1.165) is 44.5 Å². The minimum atomic E-state index is -1.06. The number of ether oxygens (including phenoxy) is 1. The third-order valence-electron chi connectivity index (χ3n) is 5.17. The van der Waals surface area contributed by atoms with Crippen molar-refractivity contribution in [1.82, 2.24) is 20.4 Å². The first-order valence-corrected chi connectivity index (χ1v) is 10.3. The first-order chi connectivity index (χ1) is 12.9. The molecule has 2 rings (SSSR count). The van der Waals surface area contributed by atoms with Crippen molar-refractivity contribution in [3.8, 4) is 0 Å². The average molecular weight is 380 g/mol. The van der Waals surface area contributed by atoms with Gasteiger partial charge in [-0.15, -0.1) is 0 Å². The van der Waals surface area contributed by atoms with Gasteiger partial charge in [-0.2, -0.15) is 5.10 Å². The van der Waals surface area contributed by atoms with Gasteiger partial charge in [-0.3, -0.25) is 4.68 Å². The maximum Gasteiger partial charge on any atom is 0.191 e. The van der Waals surface area contributed by atoms with Crippen molar-refractivity contribution >= 4 is 5.96 Å². The quantitative estimate of drug-likeness (QED) is 0.453. The Bertz CT molecular complexity index is 591. The van der Waals surface area contributed by atoms with E-state index in [-0.39, 0.29) is 12.1 Å². The lowest BCUT2D eigenvalue weighted by molar-refractivity contribution is -0.0657. The highest BCUT2D eigenvalue weighted by atomic mass is 16.5. The molecule has 1 aliphatic carbocycles. The molecule has 7 nitrogen and oxygen atoms in total. The van der Waals surface area contributed by atoms with Gasteiger partial charge in [0.25, 0.3) is 0 Å². The summed E-state index contributed by atoms with van der Waals surface area (Å²) < 4.78 is 7.95. The second-order valence-electron chi connectivity index (χ2n) is 7.82. The van der Waals surface area contributed by atoms with E-state index in [0.29, 0.717) is 5.96 Å². The smallest absolute Gasteiger partial charge is 0.191 e. The maximum atomic E-state index is 10.8. The van der Waals surface area contributed by atoms with Crippen molar-refractivity contribution in [3.05, 3.63) is 18.0 Å². The molecule has 0 aliphatic heterocycles. The molecule has 0 amide bonds. The highest BCUT2D eigenvalue weighted by molar-refractivity contribution is 5.79. The molecular weight excluding hydrogens is 342 g/mol. The molecule has 27 heavy (non-hydrogen) atoms. The van der Waals surface area contributed by atoms with E-state index in [4.69, 9.17) is 4.74 Å². The molecule has 0 aromatic carbocycles. The number of rotatable bonds is 9. The molecule has 1 atom stereocenters. The lowest BCUT2D eigenvalue weighted by Crippen LogP contribution is -2.50. The number of aliphatic hydroxyl groups is 1. The van der Waals surface area contributed by atoms with Gasteiger partial charge < -0.3 is 20.5 Å². The monoisotopic (exact) mass is 379 g/mol. The van der Waals surface area contributed by atoms with Gasteiger partial charge in [-0.05, 0) is 33.1 Å². The Morgan fingerprint density at radius 2 is 2.07 bits per heavy atom. The largest absolute Gasteiger partial charge is 0.383 e. The number of hydrogen-bond donors (Lipinski definition) is 3. The Morgan fingerprint density at radius 1 is 1.33 bits per heavy atom. The molecule has 1 aromatic heterocycles. The fourth-order valence-corrected chi connectivity index (χ4v) is 3.50. The zero-order valence-electron chi connectivity index (χ0n) is 17.4. The number of aliphatic imine (C=N–C) groups is 1. The summed E-state index contributed by atoms with van der Waals surface area (Å²) in [6.45, 7) is 8.53. The van der Waals surface area contributed by atoms with E-state index in [1.54, 1.807) is 17.8 Å². The fourth-order valence-electron chi connectivity index (χ4n) is 3.50. The van der Waals surface area contributed by atoms with Crippen molar-refractivity contribution < 1.29 is 9.84 Å². The maximum absolute atomic E-state index is 10.8. The van der Waals surface area contributed by atoms with Crippen LogP contribution in [0, 0.1) is 0 Å². The summed E-state index contributed by atoms with van der Waals surface area (Å²) in [6.07, 6.45) is 10.4. The Labute approximate surface area is 163 Å². The van der Waals surface area contributed by atoms with Gasteiger partial charge in [-0.25, -0.2) is 4.99 Å². The molecule has 0 spiro atoms. The molecule has 0 bridgehead atoms. The minimum absolute atomic E-state index is 0.101. The van der Waals surface area contributed by atoms with Crippen LogP contribution in [0.2, 0.25) is 0 Å². The zero-order valence-corrected chi connectivity index (χ0v) is 17.4.